The molecule has 3 aliphatic rings. The highest BCUT2D eigenvalue weighted by Gasteiger charge is 2.63. The van der Waals surface area contributed by atoms with Gasteiger partial charge in [0.2, 0.25) is 0 Å². The number of hydrogen-bond donors (Lipinski definition) is 2. The van der Waals surface area contributed by atoms with Crippen molar-refractivity contribution in [3.63, 3.8) is 0 Å². The minimum atomic E-state index is -0.727. The Hall–Kier alpha value is -1.26. The summed E-state index contributed by atoms with van der Waals surface area (Å²) in [5, 5.41) is 22.5. The standard InChI is InChI=1S/C18H25NO3/c1-19-10-9-17-7-3-4-8-18(17,21)14(19)11-12-5-6-13(22-2)16(20)15(12)17/h5-6,14,20-21H,3-4,7-11H2,1-2H3/t14?,17-,18+/m0/s1. The Kier molecular flexibility index (Phi) is 3.01. The maximum absolute atomic E-state index is 11.7. The van der Waals surface area contributed by atoms with Crippen molar-refractivity contribution in [3.05, 3.63) is 23.3 Å². The lowest BCUT2D eigenvalue weighted by Crippen LogP contribution is -2.71. The maximum Gasteiger partial charge on any atom is 0.161 e. The lowest BCUT2D eigenvalue weighted by atomic mass is 9.49. The van der Waals surface area contributed by atoms with Crippen LogP contribution in [0.25, 0.3) is 0 Å². The Bertz CT molecular complexity index is 617. The summed E-state index contributed by atoms with van der Waals surface area (Å²) >= 11 is 0. The molecule has 1 saturated heterocycles. The summed E-state index contributed by atoms with van der Waals surface area (Å²) in [4.78, 5) is 2.31. The first-order chi connectivity index (χ1) is 10.5. The third-order valence-electron chi connectivity index (χ3n) is 6.55. The van der Waals surface area contributed by atoms with Gasteiger partial charge >= 0.3 is 0 Å². The molecule has 1 aliphatic heterocycles. The number of fused-ring (bicyclic) bond motifs is 1. The molecule has 1 unspecified atom stereocenters. The van der Waals surface area contributed by atoms with E-state index < -0.39 is 5.60 Å². The van der Waals surface area contributed by atoms with Crippen LogP contribution in [0.3, 0.4) is 0 Å². The molecule has 1 aromatic rings. The van der Waals surface area contributed by atoms with E-state index in [2.05, 4.69) is 18.0 Å². The minimum Gasteiger partial charge on any atom is -0.504 e. The zero-order valence-corrected chi connectivity index (χ0v) is 13.4. The second-order valence-corrected chi connectivity index (χ2v) is 7.31. The van der Waals surface area contributed by atoms with Gasteiger partial charge in [-0.1, -0.05) is 18.9 Å². The quantitative estimate of drug-likeness (QED) is 0.835. The Morgan fingerprint density at radius 1 is 1.23 bits per heavy atom. The first-order valence-corrected chi connectivity index (χ1v) is 8.35. The van der Waals surface area contributed by atoms with Gasteiger partial charge in [0.15, 0.2) is 11.5 Å². The lowest BCUT2D eigenvalue weighted by Gasteiger charge is -2.63. The Morgan fingerprint density at radius 2 is 2.00 bits per heavy atom. The van der Waals surface area contributed by atoms with Gasteiger partial charge in [-0.3, -0.25) is 0 Å². The summed E-state index contributed by atoms with van der Waals surface area (Å²) in [6.07, 6.45) is 5.70. The highest BCUT2D eigenvalue weighted by molar-refractivity contribution is 5.58. The van der Waals surface area contributed by atoms with Crippen LogP contribution >= 0.6 is 0 Å². The van der Waals surface area contributed by atoms with Crippen molar-refractivity contribution in [1.82, 2.24) is 4.90 Å². The molecule has 2 N–H and O–H groups in total. The van der Waals surface area contributed by atoms with Gasteiger partial charge in [-0.2, -0.15) is 0 Å². The number of hydrogen-bond acceptors (Lipinski definition) is 4. The molecule has 4 rings (SSSR count). The smallest absolute Gasteiger partial charge is 0.161 e. The molecule has 2 aliphatic carbocycles. The van der Waals surface area contributed by atoms with Crippen LogP contribution < -0.4 is 4.74 Å². The van der Waals surface area contributed by atoms with Gasteiger partial charge < -0.3 is 19.8 Å². The van der Waals surface area contributed by atoms with E-state index in [1.54, 1.807) is 7.11 Å². The van der Waals surface area contributed by atoms with Crippen LogP contribution in [0.15, 0.2) is 12.1 Å². The second-order valence-electron chi connectivity index (χ2n) is 7.31. The molecule has 0 aromatic heterocycles. The van der Waals surface area contributed by atoms with Gasteiger partial charge in [0, 0.05) is 17.0 Å². The number of likely N-dealkylation sites (tertiary alicyclic amines) is 1. The van der Waals surface area contributed by atoms with Crippen molar-refractivity contribution in [1.29, 1.82) is 0 Å². The topological polar surface area (TPSA) is 52.9 Å². The summed E-state index contributed by atoms with van der Waals surface area (Å²) in [7, 11) is 3.71. The molecule has 2 bridgehead atoms. The minimum absolute atomic E-state index is 0.154. The van der Waals surface area contributed by atoms with E-state index in [1.165, 1.54) is 5.56 Å². The molecule has 4 heteroatoms. The van der Waals surface area contributed by atoms with Crippen LogP contribution in [0.2, 0.25) is 0 Å². The maximum atomic E-state index is 11.7. The Morgan fingerprint density at radius 3 is 2.77 bits per heavy atom. The monoisotopic (exact) mass is 303 g/mol. The molecule has 1 aromatic carbocycles. The van der Waals surface area contributed by atoms with E-state index >= 15 is 0 Å². The van der Waals surface area contributed by atoms with Crippen LogP contribution in [0.5, 0.6) is 11.5 Å². The summed E-state index contributed by atoms with van der Waals surface area (Å²) in [5.74, 6) is 0.779. The normalized spacial score (nSPS) is 37.3. The van der Waals surface area contributed by atoms with Crippen LogP contribution in [0, 0.1) is 0 Å². The van der Waals surface area contributed by atoms with E-state index in [-0.39, 0.29) is 17.2 Å². The highest BCUT2D eigenvalue weighted by Crippen LogP contribution is 2.60. The number of benzene rings is 1. The number of likely N-dealkylation sites (N-methyl/N-ethyl adjacent to an activating group) is 1. The van der Waals surface area contributed by atoms with Crippen molar-refractivity contribution in [2.24, 2.45) is 0 Å². The van der Waals surface area contributed by atoms with E-state index in [9.17, 15) is 10.2 Å². The molecule has 0 amide bonds. The molecule has 120 valence electrons. The Labute approximate surface area is 131 Å². The molecule has 1 saturated carbocycles. The van der Waals surface area contributed by atoms with Gasteiger partial charge in [0.25, 0.3) is 0 Å². The molecule has 0 radical (unpaired) electrons. The summed E-state index contributed by atoms with van der Waals surface area (Å²) < 4.78 is 5.34. The number of phenolic OH excluding ortho intramolecular Hbond substituents is 1. The number of aromatic hydroxyl groups is 1. The van der Waals surface area contributed by atoms with Gasteiger partial charge in [-0.25, -0.2) is 0 Å². The van der Waals surface area contributed by atoms with Gasteiger partial charge in [0.1, 0.15) is 0 Å². The zero-order valence-electron chi connectivity index (χ0n) is 13.4. The molecule has 22 heavy (non-hydrogen) atoms. The number of rotatable bonds is 1. The predicted molar refractivity (Wildman–Crippen MR) is 84.5 cm³/mol. The number of methoxy groups -OCH3 is 1. The average molecular weight is 303 g/mol. The summed E-state index contributed by atoms with van der Waals surface area (Å²) in [5.41, 5.74) is 1.11. The fourth-order valence-electron chi connectivity index (χ4n) is 5.47. The first kappa shape index (κ1) is 14.3. The Balaban J connectivity index is 1.99. The number of ether oxygens (including phenoxy) is 1. The van der Waals surface area contributed by atoms with Crippen molar-refractivity contribution in [2.75, 3.05) is 20.7 Å². The largest absolute Gasteiger partial charge is 0.504 e. The fourth-order valence-corrected chi connectivity index (χ4v) is 5.47. The van der Waals surface area contributed by atoms with Crippen LogP contribution in [-0.4, -0.2) is 47.5 Å². The SMILES string of the molecule is COc1ccc2c(c1O)[C@@]13CCCC[C@@]1(O)C(C2)N(C)CC3. The molecular formula is C18H25NO3. The lowest BCUT2D eigenvalue weighted by molar-refractivity contribution is -0.161. The molecule has 0 spiro atoms. The van der Waals surface area contributed by atoms with Gasteiger partial charge in [-0.15, -0.1) is 0 Å². The van der Waals surface area contributed by atoms with E-state index in [4.69, 9.17) is 4.74 Å². The van der Waals surface area contributed by atoms with Crippen LogP contribution in [-0.2, 0) is 11.8 Å². The van der Waals surface area contributed by atoms with Crippen molar-refractivity contribution >= 4 is 0 Å². The van der Waals surface area contributed by atoms with E-state index in [0.29, 0.717) is 5.75 Å². The molecule has 4 nitrogen and oxygen atoms in total. The van der Waals surface area contributed by atoms with Crippen LogP contribution in [0.4, 0.5) is 0 Å². The summed E-state index contributed by atoms with van der Waals surface area (Å²) in [6, 6.07) is 4.09. The molecule has 2 fully saturated rings. The van der Waals surface area contributed by atoms with Crippen LogP contribution in [0.1, 0.15) is 43.2 Å². The highest BCUT2D eigenvalue weighted by atomic mass is 16.5. The van der Waals surface area contributed by atoms with Crippen molar-refractivity contribution in [2.45, 2.75) is 55.6 Å². The zero-order chi connectivity index (χ0) is 15.5. The fraction of sp³-hybridized carbons (Fsp3) is 0.667. The van der Waals surface area contributed by atoms with Crippen molar-refractivity contribution in [3.8, 4) is 11.5 Å². The van der Waals surface area contributed by atoms with Crippen molar-refractivity contribution < 1.29 is 14.9 Å². The summed E-state index contributed by atoms with van der Waals surface area (Å²) in [6.45, 7) is 0.975. The van der Waals surface area contributed by atoms with E-state index in [0.717, 1.165) is 50.6 Å². The first-order valence-electron chi connectivity index (χ1n) is 8.35. The second kappa shape index (κ2) is 4.62. The molecular weight excluding hydrogens is 278 g/mol. The molecule has 1 heterocycles. The average Bonchev–Trinajstić information content (AvgIpc) is 2.51. The van der Waals surface area contributed by atoms with E-state index in [1.807, 2.05) is 6.07 Å². The number of phenols is 1. The number of nitrogens with zero attached hydrogens (tertiary/aromatic N) is 1. The third-order valence-corrected chi connectivity index (χ3v) is 6.55. The van der Waals surface area contributed by atoms with Gasteiger partial charge in [0.05, 0.1) is 12.7 Å². The van der Waals surface area contributed by atoms with Gasteiger partial charge in [-0.05, 0) is 50.9 Å². The number of aliphatic hydroxyl groups is 1. The number of piperidine rings is 1. The molecule has 3 atom stereocenters. The predicted octanol–water partition coefficient (Wildman–Crippen LogP) is 2.20. The third kappa shape index (κ3) is 1.55.